The third-order valence-electron chi connectivity index (χ3n) is 6.69. The highest BCUT2D eigenvalue weighted by molar-refractivity contribution is 5.17. The van der Waals surface area contributed by atoms with Crippen LogP contribution in [0.2, 0.25) is 0 Å². The number of aromatic nitrogens is 4. The molecule has 1 unspecified atom stereocenters. The van der Waals surface area contributed by atoms with E-state index in [0.29, 0.717) is 23.3 Å². The molecule has 2 saturated heterocycles. The van der Waals surface area contributed by atoms with Gasteiger partial charge in [-0.15, -0.1) is 10.2 Å². The Kier molecular flexibility index (Phi) is 5.38. The van der Waals surface area contributed by atoms with Gasteiger partial charge in [0.05, 0.1) is 12.8 Å². The lowest BCUT2D eigenvalue weighted by Gasteiger charge is -2.42. The maximum absolute atomic E-state index is 5.27. The van der Waals surface area contributed by atoms with Gasteiger partial charge in [-0.25, -0.2) is 4.98 Å². The van der Waals surface area contributed by atoms with Crippen molar-refractivity contribution in [2.45, 2.75) is 45.2 Å². The van der Waals surface area contributed by atoms with Crippen molar-refractivity contribution in [2.75, 3.05) is 33.3 Å². The largest absolute Gasteiger partial charge is 0.481 e. The number of likely N-dealkylation sites (tertiary alicyclic amines) is 2. The third kappa shape index (κ3) is 3.65. The standard InChI is InChI=1S/C21H32N6O/c1-16(2)27-13-18(20-24-22-15-25(20)3)21(14-27)8-10-26(11-9-21)12-17-6-5-7-19(23-17)28-4/h5-7,15-16,18H,8-14H2,1-4H3. The summed E-state index contributed by atoms with van der Waals surface area (Å²) in [6.07, 6.45) is 4.22. The number of methoxy groups -OCH3 is 1. The molecule has 4 rings (SSSR count). The lowest BCUT2D eigenvalue weighted by atomic mass is 9.70. The van der Waals surface area contributed by atoms with E-state index in [0.717, 1.165) is 44.2 Å². The van der Waals surface area contributed by atoms with Crippen LogP contribution >= 0.6 is 0 Å². The van der Waals surface area contributed by atoms with Crippen LogP contribution in [-0.4, -0.2) is 68.9 Å². The molecule has 0 aliphatic carbocycles. The second-order valence-corrected chi connectivity index (χ2v) is 8.69. The van der Waals surface area contributed by atoms with Gasteiger partial charge in [-0.3, -0.25) is 9.80 Å². The Hall–Kier alpha value is -1.99. The van der Waals surface area contributed by atoms with Crippen LogP contribution in [0.15, 0.2) is 24.5 Å². The van der Waals surface area contributed by atoms with E-state index in [1.165, 1.54) is 12.8 Å². The summed E-state index contributed by atoms with van der Waals surface area (Å²) in [5.74, 6) is 2.29. The molecule has 2 aromatic rings. The smallest absolute Gasteiger partial charge is 0.213 e. The van der Waals surface area contributed by atoms with Gasteiger partial charge in [0.15, 0.2) is 0 Å². The number of hydrogen-bond acceptors (Lipinski definition) is 6. The zero-order valence-electron chi connectivity index (χ0n) is 17.5. The van der Waals surface area contributed by atoms with Crippen LogP contribution in [0.5, 0.6) is 5.88 Å². The minimum atomic E-state index is 0.295. The summed E-state index contributed by atoms with van der Waals surface area (Å²) >= 11 is 0. The van der Waals surface area contributed by atoms with Crippen molar-refractivity contribution in [3.63, 3.8) is 0 Å². The topological polar surface area (TPSA) is 59.3 Å². The second-order valence-electron chi connectivity index (χ2n) is 8.69. The molecule has 2 aliphatic rings. The summed E-state index contributed by atoms with van der Waals surface area (Å²) in [6, 6.07) is 6.58. The highest BCUT2D eigenvalue weighted by atomic mass is 16.5. The zero-order valence-corrected chi connectivity index (χ0v) is 17.5. The molecule has 7 heteroatoms. The average molecular weight is 385 g/mol. The van der Waals surface area contributed by atoms with E-state index in [9.17, 15) is 0 Å². The molecule has 28 heavy (non-hydrogen) atoms. The van der Waals surface area contributed by atoms with Crippen molar-refractivity contribution < 1.29 is 4.74 Å². The Balaban J connectivity index is 1.48. The van der Waals surface area contributed by atoms with E-state index in [-0.39, 0.29) is 0 Å². The Morgan fingerprint density at radius 2 is 2.04 bits per heavy atom. The van der Waals surface area contributed by atoms with Crippen LogP contribution in [-0.2, 0) is 13.6 Å². The Bertz CT molecular complexity index is 796. The summed E-state index contributed by atoms with van der Waals surface area (Å²) in [6.45, 7) is 9.93. The SMILES string of the molecule is COc1cccc(CN2CCC3(CC2)CN(C(C)C)CC3c2nncn2C)n1. The summed E-state index contributed by atoms with van der Waals surface area (Å²) in [5, 5.41) is 8.66. The number of pyridine rings is 1. The van der Waals surface area contributed by atoms with Gasteiger partial charge < -0.3 is 9.30 Å². The van der Waals surface area contributed by atoms with E-state index in [4.69, 9.17) is 4.74 Å². The van der Waals surface area contributed by atoms with Crippen molar-refractivity contribution in [1.82, 2.24) is 29.5 Å². The van der Waals surface area contributed by atoms with E-state index in [1.807, 2.05) is 18.5 Å². The third-order valence-corrected chi connectivity index (χ3v) is 6.69. The maximum Gasteiger partial charge on any atom is 0.213 e. The molecule has 2 fully saturated rings. The number of hydrogen-bond donors (Lipinski definition) is 0. The molecule has 0 bridgehead atoms. The van der Waals surface area contributed by atoms with Crippen molar-refractivity contribution in [3.05, 3.63) is 36.0 Å². The number of piperidine rings is 1. The lowest BCUT2D eigenvalue weighted by Crippen LogP contribution is -2.44. The molecule has 7 nitrogen and oxygen atoms in total. The molecule has 4 heterocycles. The predicted octanol–water partition coefficient (Wildman–Crippen LogP) is 2.31. The number of rotatable bonds is 5. The van der Waals surface area contributed by atoms with Gasteiger partial charge >= 0.3 is 0 Å². The highest BCUT2D eigenvalue weighted by Gasteiger charge is 2.50. The van der Waals surface area contributed by atoms with Crippen molar-refractivity contribution in [2.24, 2.45) is 12.5 Å². The van der Waals surface area contributed by atoms with E-state index in [1.54, 1.807) is 7.11 Å². The Morgan fingerprint density at radius 3 is 2.68 bits per heavy atom. The van der Waals surface area contributed by atoms with Crippen molar-refractivity contribution in [1.29, 1.82) is 0 Å². The van der Waals surface area contributed by atoms with Gasteiger partial charge in [-0.1, -0.05) is 6.07 Å². The van der Waals surface area contributed by atoms with Crippen LogP contribution in [0.4, 0.5) is 0 Å². The molecular formula is C21H32N6O. The number of ether oxygens (including phenoxy) is 1. The fraction of sp³-hybridized carbons (Fsp3) is 0.667. The van der Waals surface area contributed by atoms with E-state index < -0.39 is 0 Å². The number of aryl methyl sites for hydroxylation is 1. The lowest BCUT2D eigenvalue weighted by molar-refractivity contribution is 0.0857. The molecule has 0 radical (unpaired) electrons. The highest BCUT2D eigenvalue weighted by Crippen LogP contribution is 2.49. The molecular weight excluding hydrogens is 352 g/mol. The summed E-state index contributed by atoms with van der Waals surface area (Å²) in [7, 11) is 3.74. The Labute approximate surface area is 167 Å². The molecule has 1 spiro atoms. The van der Waals surface area contributed by atoms with Gasteiger partial charge in [0.1, 0.15) is 12.2 Å². The molecule has 2 aliphatic heterocycles. The molecule has 0 saturated carbocycles. The minimum absolute atomic E-state index is 0.295. The first kappa shape index (κ1) is 19.3. The molecule has 1 atom stereocenters. The predicted molar refractivity (Wildman–Crippen MR) is 108 cm³/mol. The van der Waals surface area contributed by atoms with Gasteiger partial charge in [0.2, 0.25) is 5.88 Å². The van der Waals surface area contributed by atoms with Crippen molar-refractivity contribution in [3.8, 4) is 5.88 Å². The van der Waals surface area contributed by atoms with Crippen LogP contribution in [0.1, 0.15) is 44.1 Å². The first-order valence-corrected chi connectivity index (χ1v) is 10.3. The summed E-state index contributed by atoms with van der Waals surface area (Å²) in [4.78, 5) is 9.73. The van der Waals surface area contributed by atoms with Crippen LogP contribution in [0.3, 0.4) is 0 Å². The fourth-order valence-corrected chi connectivity index (χ4v) is 4.92. The zero-order chi connectivity index (χ0) is 19.7. The maximum atomic E-state index is 5.27. The summed E-state index contributed by atoms with van der Waals surface area (Å²) in [5.41, 5.74) is 1.37. The Morgan fingerprint density at radius 1 is 1.25 bits per heavy atom. The minimum Gasteiger partial charge on any atom is -0.481 e. The summed E-state index contributed by atoms with van der Waals surface area (Å²) < 4.78 is 7.38. The van der Waals surface area contributed by atoms with Crippen LogP contribution < -0.4 is 4.74 Å². The molecule has 0 N–H and O–H groups in total. The van der Waals surface area contributed by atoms with Gasteiger partial charge in [-0.2, -0.15) is 0 Å². The molecule has 2 aromatic heterocycles. The normalized spacial score (nSPS) is 23.0. The molecule has 0 amide bonds. The van der Waals surface area contributed by atoms with Crippen LogP contribution in [0.25, 0.3) is 0 Å². The average Bonchev–Trinajstić information content (AvgIpc) is 3.27. The van der Waals surface area contributed by atoms with Crippen molar-refractivity contribution >= 4 is 0 Å². The first-order chi connectivity index (χ1) is 13.5. The molecule has 152 valence electrons. The fourth-order valence-electron chi connectivity index (χ4n) is 4.92. The van der Waals surface area contributed by atoms with E-state index >= 15 is 0 Å². The second kappa shape index (κ2) is 7.79. The number of nitrogens with zero attached hydrogens (tertiary/aromatic N) is 6. The van der Waals surface area contributed by atoms with E-state index in [2.05, 4.69) is 56.5 Å². The quantitative estimate of drug-likeness (QED) is 0.788. The van der Waals surface area contributed by atoms with Gasteiger partial charge in [0.25, 0.3) is 0 Å². The van der Waals surface area contributed by atoms with Crippen LogP contribution in [0, 0.1) is 5.41 Å². The first-order valence-electron chi connectivity index (χ1n) is 10.3. The van der Waals surface area contributed by atoms with Gasteiger partial charge in [0, 0.05) is 44.7 Å². The molecule has 0 aromatic carbocycles. The monoisotopic (exact) mass is 384 g/mol. The van der Waals surface area contributed by atoms with Gasteiger partial charge in [-0.05, 0) is 51.3 Å².